The van der Waals surface area contributed by atoms with Gasteiger partial charge in [-0.05, 0) is 143 Å². The van der Waals surface area contributed by atoms with Gasteiger partial charge in [0.2, 0.25) is 0 Å². The quantitative estimate of drug-likeness (QED) is 0.00931. The van der Waals surface area contributed by atoms with Gasteiger partial charge in [-0.15, -0.1) is 12.4 Å². The number of hydrogen-bond acceptors (Lipinski definition) is 10. The Hall–Kier alpha value is -7.54. The van der Waals surface area contributed by atoms with Crippen LogP contribution in [0.1, 0.15) is 82.9 Å². The second-order valence-corrected chi connectivity index (χ2v) is 15.8. The number of nitrogens with one attached hydrogen (secondary N) is 1. The van der Waals surface area contributed by atoms with Crippen molar-refractivity contribution in [3.63, 3.8) is 0 Å². The molecule has 0 saturated heterocycles. The molecule has 5 aromatic rings. The molecule has 0 amide bonds. The van der Waals surface area contributed by atoms with Gasteiger partial charge in [0, 0.05) is 63.3 Å². The molecule has 5 rings (SSSR count). The van der Waals surface area contributed by atoms with Crippen LogP contribution < -0.4 is 11.1 Å². The fraction of sp³-hybridized carbons (Fsp3) is 0.353. The van der Waals surface area contributed by atoms with Gasteiger partial charge in [0.15, 0.2) is 0 Å². The van der Waals surface area contributed by atoms with Crippen LogP contribution in [0, 0.1) is 0 Å². The number of benzene rings is 5. The minimum Gasteiger partial charge on any atom is -0.478 e. The Morgan fingerprint density at radius 1 is 0.547 bits per heavy atom. The van der Waals surface area contributed by atoms with Crippen molar-refractivity contribution in [2.45, 2.75) is 58.1 Å². The number of carbonyl (C=O) groups is 3. The van der Waals surface area contributed by atoms with Crippen molar-refractivity contribution in [3.8, 4) is 0 Å². The highest BCUT2D eigenvalue weighted by atomic mass is 79.9. The predicted molar refractivity (Wildman–Crippen MR) is 295 cm³/mol. The van der Waals surface area contributed by atoms with Crippen LogP contribution in [0.25, 0.3) is 41.8 Å². The second kappa shape index (κ2) is 48.7. The number of aryl methyl sites for hydroxylation is 1. The van der Waals surface area contributed by atoms with Gasteiger partial charge in [-0.25, -0.2) is 9.59 Å². The first kappa shape index (κ1) is 69.5. The highest BCUT2D eigenvalue weighted by Crippen LogP contribution is 2.09. The standard InChI is InChI=1S/C12H17FN4.C9H9BrO2.C9H9N3O2.C9H11N3O.C9H9N3O.C3H8FN.ClH/c13-7-1-8-15-10-12-4-2-11(3-5-12)6-9-16-17-14;10-6-5-7-1-3-8(4-2-7)9(11)12;10-12-11-6-5-7-1-3-8(4-2-7)9(13)14;2*10-12-11-6-5-8-1-3-9(7-13)4-2-8;4-2-1-3-5;/h2-5,15H,1,6-10H2;1-4H,5-6H2,(H,11,12);1-4H,5-6H2,(H,13,14);1-4,13H,5-7H2;1-4,7H,5-6H2;1-3,5H2;1H. The molecule has 0 atom stereocenters. The van der Waals surface area contributed by atoms with E-state index >= 15 is 0 Å². The van der Waals surface area contributed by atoms with Crippen molar-refractivity contribution in [2.75, 3.05) is 57.9 Å². The lowest BCUT2D eigenvalue weighted by molar-refractivity contribution is 0.0686. The van der Waals surface area contributed by atoms with Crippen molar-refractivity contribution in [2.24, 2.45) is 26.2 Å². The number of azide groups is 4. The molecule has 0 aromatic heterocycles. The molecule has 0 fully saturated rings. The lowest BCUT2D eigenvalue weighted by atomic mass is 10.1. The van der Waals surface area contributed by atoms with Gasteiger partial charge in [-0.1, -0.05) is 133 Å². The smallest absolute Gasteiger partial charge is 0.335 e. The van der Waals surface area contributed by atoms with Crippen LogP contribution in [0.15, 0.2) is 142 Å². The number of rotatable bonds is 25. The van der Waals surface area contributed by atoms with Crippen LogP contribution in [0.3, 0.4) is 0 Å². The summed E-state index contributed by atoms with van der Waals surface area (Å²) in [4.78, 5) is 41.9. The summed E-state index contributed by atoms with van der Waals surface area (Å²) >= 11 is 3.32. The number of aliphatic hydroxyl groups excluding tert-OH is 1. The van der Waals surface area contributed by atoms with Gasteiger partial charge >= 0.3 is 11.9 Å². The van der Waals surface area contributed by atoms with E-state index in [0.717, 1.165) is 70.8 Å². The summed E-state index contributed by atoms with van der Waals surface area (Å²) in [5.41, 5.74) is 46.0. The predicted octanol–water partition coefficient (Wildman–Crippen LogP) is 12.7. The van der Waals surface area contributed by atoms with Gasteiger partial charge in [0.05, 0.1) is 31.1 Å². The van der Waals surface area contributed by atoms with Gasteiger partial charge in [0.1, 0.15) is 6.29 Å². The summed E-state index contributed by atoms with van der Waals surface area (Å²) < 4.78 is 22.8. The Labute approximate surface area is 449 Å². The van der Waals surface area contributed by atoms with E-state index < -0.39 is 11.9 Å². The summed E-state index contributed by atoms with van der Waals surface area (Å²) in [6.45, 7) is 3.26. The first-order valence-corrected chi connectivity index (χ1v) is 24.2. The van der Waals surface area contributed by atoms with Crippen LogP contribution >= 0.6 is 28.3 Å². The van der Waals surface area contributed by atoms with Crippen LogP contribution in [0.4, 0.5) is 8.78 Å². The monoisotopic (exact) mass is 1120 g/mol. The SMILES string of the molecule is Cl.NCCCF.O=C(O)c1ccc(CCBr)cc1.[N-]=[N+]=NCCc1ccc(C(=O)O)cc1.[N-]=[N+]=NCCc1ccc(C=O)cc1.[N-]=[N+]=NCCc1ccc(CNCCCF)cc1.[N-]=[N+]=NCCc1ccc(CO)cc1. The number of nitrogens with zero attached hydrogens (tertiary/aromatic N) is 12. The van der Waals surface area contributed by atoms with E-state index in [1.165, 1.54) is 17.7 Å². The van der Waals surface area contributed by atoms with Gasteiger partial charge < -0.3 is 26.4 Å². The molecule has 0 spiro atoms. The van der Waals surface area contributed by atoms with Crippen molar-refractivity contribution < 1.29 is 38.5 Å². The maximum atomic E-state index is 11.8. The number of carboxylic acids is 2. The highest BCUT2D eigenvalue weighted by molar-refractivity contribution is 9.09. The van der Waals surface area contributed by atoms with E-state index in [9.17, 15) is 23.2 Å². The van der Waals surface area contributed by atoms with Crippen LogP contribution in [0.2, 0.25) is 0 Å². The summed E-state index contributed by atoms with van der Waals surface area (Å²) in [6.07, 6.45) is 5.64. The number of aliphatic hydroxyl groups is 1. The maximum absolute atomic E-state index is 11.8. The average molecular weight is 1120 g/mol. The summed E-state index contributed by atoms with van der Waals surface area (Å²) in [5, 5.41) is 43.8. The van der Waals surface area contributed by atoms with Crippen molar-refractivity contribution in [1.82, 2.24) is 5.32 Å². The molecule has 6 N–H and O–H groups in total. The Morgan fingerprint density at radius 2 is 0.867 bits per heavy atom. The van der Waals surface area contributed by atoms with E-state index in [-0.39, 0.29) is 37.9 Å². The summed E-state index contributed by atoms with van der Waals surface area (Å²) in [5.74, 6) is -1.81. The lowest BCUT2D eigenvalue weighted by Crippen LogP contribution is -2.15. The maximum Gasteiger partial charge on any atom is 0.335 e. The topological polar surface area (TPSA) is 345 Å². The molecule has 5 aromatic carbocycles. The number of hydrogen-bond donors (Lipinski definition) is 5. The van der Waals surface area contributed by atoms with Crippen molar-refractivity contribution in [3.05, 3.63) is 219 Å². The molecule has 402 valence electrons. The van der Waals surface area contributed by atoms with Crippen molar-refractivity contribution >= 4 is 46.6 Å². The molecule has 0 saturated carbocycles. The van der Waals surface area contributed by atoms with Crippen LogP contribution in [-0.4, -0.2) is 91.5 Å². The molecular weight excluding hydrogens is 1060 g/mol. The highest BCUT2D eigenvalue weighted by Gasteiger charge is 2.02. The molecule has 0 aliphatic rings. The first-order chi connectivity index (χ1) is 36.0. The Bertz CT molecular complexity index is 2490. The zero-order valence-corrected chi connectivity index (χ0v) is 43.8. The lowest BCUT2D eigenvalue weighted by Gasteiger charge is -2.04. The normalized spacial score (nSPS) is 9.24. The van der Waals surface area contributed by atoms with Crippen molar-refractivity contribution in [1.29, 1.82) is 0 Å². The molecule has 0 heterocycles. The van der Waals surface area contributed by atoms with E-state index in [2.05, 4.69) is 61.4 Å². The summed E-state index contributed by atoms with van der Waals surface area (Å²) in [7, 11) is 0. The fourth-order valence-electron chi connectivity index (χ4n) is 5.53. The third-order valence-corrected chi connectivity index (χ3v) is 9.93. The van der Waals surface area contributed by atoms with Gasteiger partial charge in [-0.2, -0.15) is 0 Å². The Kier molecular flexibility index (Phi) is 45.2. The minimum atomic E-state index is -0.938. The number of aldehydes is 1. The summed E-state index contributed by atoms with van der Waals surface area (Å²) in [6, 6.07) is 36.4. The Balaban J connectivity index is 0. The number of nitrogens with two attached hydrogens (primary N) is 1. The zero-order chi connectivity index (χ0) is 54.9. The molecule has 0 bridgehead atoms. The fourth-order valence-corrected chi connectivity index (χ4v) is 5.99. The van der Waals surface area contributed by atoms with Crippen LogP contribution in [0.5, 0.6) is 0 Å². The minimum absolute atomic E-state index is 0. The van der Waals surface area contributed by atoms with Crippen LogP contribution in [-0.2, 0) is 45.3 Å². The molecule has 0 radical (unpaired) electrons. The van der Waals surface area contributed by atoms with Gasteiger partial charge in [0.25, 0.3) is 0 Å². The number of halogens is 4. The molecular formula is C51H64BrClF2N14O6. The number of aromatic carboxylic acids is 2. The zero-order valence-electron chi connectivity index (χ0n) is 41.4. The molecule has 75 heavy (non-hydrogen) atoms. The largest absolute Gasteiger partial charge is 0.478 e. The third-order valence-electron chi connectivity index (χ3n) is 9.54. The molecule has 0 unspecified atom stereocenters. The van der Waals surface area contributed by atoms with E-state index in [0.29, 0.717) is 76.1 Å². The molecule has 24 heteroatoms. The van der Waals surface area contributed by atoms with Gasteiger partial charge in [-0.3, -0.25) is 13.6 Å². The third kappa shape index (κ3) is 37.8. The second-order valence-electron chi connectivity index (χ2n) is 15.0. The van der Waals surface area contributed by atoms with E-state index in [4.69, 9.17) is 43.2 Å². The number of carboxylic acid groups (broad SMARTS) is 2. The average Bonchev–Trinajstić information content (AvgIpc) is 3.42. The van der Waals surface area contributed by atoms with E-state index in [1.807, 2.05) is 72.8 Å². The first-order valence-electron chi connectivity index (χ1n) is 23.1. The molecule has 0 aliphatic heterocycles. The van der Waals surface area contributed by atoms with E-state index in [1.54, 1.807) is 36.4 Å². The Morgan fingerprint density at radius 3 is 1.15 bits per heavy atom. The molecule has 0 aliphatic carbocycles. The number of alkyl halides is 3. The molecule has 20 nitrogen and oxygen atoms in total. The number of carbonyl (C=O) groups excluding carboxylic acids is 1.